The van der Waals surface area contributed by atoms with Crippen LogP contribution in [0.2, 0.25) is 0 Å². The number of hydrogen-bond donors (Lipinski definition) is 1. The smallest absolute Gasteiger partial charge is 0.243 e. The van der Waals surface area contributed by atoms with Gasteiger partial charge in [0, 0.05) is 25.4 Å². The van der Waals surface area contributed by atoms with E-state index in [0.29, 0.717) is 43.2 Å². The SMILES string of the molecule is COc1ccc(S(=O)(=O)N2CCC(C(=O)Nc3nnc(Cc4ccccc4)s3)CC2)cc1. The number of ether oxygens (including phenoxy) is 1. The maximum Gasteiger partial charge on any atom is 0.243 e. The van der Waals surface area contributed by atoms with E-state index in [2.05, 4.69) is 15.5 Å². The maximum absolute atomic E-state index is 12.9. The zero-order valence-electron chi connectivity index (χ0n) is 17.6. The number of sulfonamides is 1. The van der Waals surface area contributed by atoms with Gasteiger partial charge in [-0.1, -0.05) is 41.7 Å². The fourth-order valence-electron chi connectivity index (χ4n) is 3.61. The number of carbonyl (C=O) groups is 1. The summed E-state index contributed by atoms with van der Waals surface area (Å²) in [4.78, 5) is 12.9. The van der Waals surface area contributed by atoms with E-state index in [1.165, 1.54) is 34.9 Å². The van der Waals surface area contributed by atoms with Crippen molar-refractivity contribution >= 4 is 32.4 Å². The van der Waals surface area contributed by atoms with Crippen LogP contribution in [0.4, 0.5) is 5.13 Å². The molecule has 0 aliphatic carbocycles. The van der Waals surface area contributed by atoms with Crippen LogP contribution in [0.25, 0.3) is 0 Å². The zero-order valence-corrected chi connectivity index (χ0v) is 19.2. The Balaban J connectivity index is 1.31. The van der Waals surface area contributed by atoms with Gasteiger partial charge in [-0.25, -0.2) is 8.42 Å². The van der Waals surface area contributed by atoms with E-state index in [1.807, 2.05) is 30.3 Å². The minimum Gasteiger partial charge on any atom is -0.497 e. The zero-order chi connectivity index (χ0) is 22.6. The van der Waals surface area contributed by atoms with Crippen molar-refractivity contribution in [2.45, 2.75) is 24.2 Å². The molecule has 0 saturated carbocycles. The lowest BCUT2D eigenvalue weighted by atomic mass is 9.97. The van der Waals surface area contributed by atoms with Crippen LogP contribution in [-0.4, -0.2) is 49.0 Å². The van der Waals surface area contributed by atoms with Gasteiger partial charge in [0.1, 0.15) is 10.8 Å². The van der Waals surface area contributed by atoms with Gasteiger partial charge >= 0.3 is 0 Å². The van der Waals surface area contributed by atoms with E-state index in [9.17, 15) is 13.2 Å². The van der Waals surface area contributed by atoms with Crippen molar-refractivity contribution in [3.63, 3.8) is 0 Å². The third kappa shape index (κ3) is 5.14. The van der Waals surface area contributed by atoms with Gasteiger partial charge in [0.2, 0.25) is 21.1 Å². The first kappa shape index (κ1) is 22.4. The monoisotopic (exact) mass is 472 g/mol. The fourth-order valence-corrected chi connectivity index (χ4v) is 5.86. The number of rotatable bonds is 7. The maximum atomic E-state index is 12.9. The average Bonchev–Trinajstić information content (AvgIpc) is 3.26. The molecule has 1 saturated heterocycles. The first-order valence-electron chi connectivity index (χ1n) is 10.3. The second-order valence-corrected chi connectivity index (χ2v) is 10.5. The van der Waals surface area contributed by atoms with Gasteiger partial charge in [0.05, 0.1) is 12.0 Å². The van der Waals surface area contributed by atoms with Crippen molar-refractivity contribution in [3.05, 3.63) is 65.2 Å². The Morgan fingerprint density at radius 2 is 1.78 bits per heavy atom. The number of anilines is 1. The number of carbonyl (C=O) groups excluding carboxylic acids is 1. The van der Waals surface area contributed by atoms with Crippen molar-refractivity contribution in [1.82, 2.24) is 14.5 Å². The minimum absolute atomic E-state index is 0.145. The molecule has 8 nitrogen and oxygen atoms in total. The van der Waals surface area contributed by atoms with Gasteiger partial charge in [0.25, 0.3) is 0 Å². The van der Waals surface area contributed by atoms with Gasteiger partial charge in [-0.15, -0.1) is 10.2 Å². The van der Waals surface area contributed by atoms with Gasteiger partial charge in [-0.3, -0.25) is 4.79 Å². The normalized spacial score (nSPS) is 15.4. The highest BCUT2D eigenvalue weighted by Gasteiger charge is 2.32. The van der Waals surface area contributed by atoms with Crippen LogP contribution >= 0.6 is 11.3 Å². The van der Waals surface area contributed by atoms with Crippen molar-refractivity contribution in [2.75, 3.05) is 25.5 Å². The largest absolute Gasteiger partial charge is 0.497 e. The molecule has 1 N–H and O–H groups in total. The summed E-state index contributed by atoms with van der Waals surface area (Å²) in [6, 6.07) is 16.3. The molecule has 10 heteroatoms. The second kappa shape index (κ2) is 9.76. The minimum atomic E-state index is -3.60. The van der Waals surface area contributed by atoms with Crippen LogP contribution in [0.1, 0.15) is 23.4 Å². The molecule has 32 heavy (non-hydrogen) atoms. The van der Waals surface area contributed by atoms with Crippen LogP contribution in [0.3, 0.4) is 0 Å². The molecule has 1 aliphatic rings. The predicted molar refractivity (Wildman–Crippen MR) is 122 cm³/mol. The summed E-state index contributed by atoms with van der Waals surface area (Å²) >= 11 is 1.35. The number of benzene rings is 2. The fraction of sp³-hybridized carbons (Fsp3) is 0.318. The number of nitrogens with one attached hydrogen (secondary N) is 1. The van der Waals surface area contributed by atoms with Gasteiger partial charge < -0.3 is 10.1 Å². The summed E-state index contributed by atoms with van der Waals surface area (Å²) in [5.41, 5.74) is 1.13. The number of piperidine rings is 1. The molecular formula is C22H24N4O4S2. The molecule has 0 atom stereocenters. The third-order valence-electron chi connectivity index (χ3n) is 5.42. The molecule has 0 spiro atoms. The quantitative estimate of drug-likeness (QED) is 0.567. The van der Waals surface area contributed by atoms with E-state index < -0.39 is 10.0 Å². The molecule has 168 valence electrons. The van der Waals surface area contributed by atoms with Crippen LogP contribution in [0, 0.1) is 5.92 Å². The summed E-state index contributed by atoms with van der Waals surface area (Å²) in [6.07, 6.45) is 1.57. The lowest BCUT2D eigenvalue weighted by molar-refractivity contribution is -0.120. The van der Waals surface area contributed by atoms with E-state index in [4.69, 9.17) is 4.74 Å². The van der Waals surface area contributed by atoms with Crippen molar-refractivity contribution < 1.29 is 17.9 Å². The first-order chi connectivity index (χ1) is 15.5. The summed E-state index contributed by atoms with van der Waals surface area (Å²) in [6.45, 7) is 0.587. The van der Waals surface area contributed by atoms with Gasteiger partial charge in [-0.05, 0) is 42.7 Å². The number of methoxy groups -OCH3 is 1. The number of aromatic nitrogens is 2. The molecular weight excluding hydrogens is 448 g/mol. The Morgan fingerprint density at radius 3 is 2.44 bits per heavy atom. The van der Waals surface area contributed by atoms with Crippen LogP contribution in [0.5, 0.6) is 5.75 Å². The number of amides is 1. The van der Waals surface area contributed by atoms with Crippen LogP contribution < -0.4 is 10.1 Å². The molecule has 1 fully saturated rings. The van der Waals surface area contributed by atoms with E-state index in [-0.39, 0.29) is 16.7 Å². The highest BCUT2D eigenvalue weighted by Crippen LogP contribution is 2.26. The molecule has 0 radical (unpaired) electrons. The van der Waals surface area contributed by atoms with Gasteiger partial charge in [0.15, 0.2) is 0 Å². The second-order valence-electron chi connectivity index (χ2n) is 7.51. The summed E-state index contributed by atoms with van der Waals surface area (Å²) in [5.74, 6) is 0.190. The molecule has 1 aromatic heterocycles. The number of hydrogen-bond acceptors (Lipinski definition) is 7. The highest BCUT2D eigenvalue weighted by atomic mass is 32.2. The lowest BCUT2D eigenvalue weighted by Gasteiger charge is -2.30. The van der Waals surface area contributed by atoms with E-state index in [1.54, 1.807) is 12.1 Å². The van der Waals surface area contributed by atoms with E-state index in [0.717, 1.165) is 10.6 Å². The van der Waals surface area contributed by atoms with Crippen LogP contribution in [0.15, 0.2) is 59.5 Å². The molecule has 2 aromatic carbocycles. The lowest BCUT2D eigenvalue weighted by Crippen LogP contribution is -2.41. The Hall–Kier alpha value is -2.82. The molecule has 1 aliphatic heterocycles. The summed E-state index contributed by atoms with van der Waals surface area (Å²) in [5, 5.41) is 12.4. The molecule has 2 heterocycles. The Morgan fingerprint density at radius 1 is 1.09 bits per heavy atom. The predicted octanol–water partition coefficient (Wildman–Crippen LogP) is 3.18. The molecule has 0 bridgehead atoms. The van der Waals surface area contributed by atoms with E-state index >= 15 is 0 Å². The first-order valence-corrected chi connectivity index (χ1v) is 12.5. The Bertz CT molecular complexity index is 1160. The standard InChI is InChI=1S/C22H24N4O4S2/c1-30-18-7-9-19(10-8-18)32(28,29)26-13-11-17(12-14-26)21(27)23-22-25-24-20(31-22)15-16-5-3-2-4-6-16/h2-10,17H,11-15H2,1H3,(H,23,25,27). The molecule has 1 amide bonds. The summed E-state index contributed by atoms with van der Waals surface area (Å²) in [7, 11) is -2.06. The summed E-state index contributed by atoms with van der Waals surface area (Å²) < 4.78 is 32.3. The highest BCUT2D eigenvalue weighted by molar-refractivity contribution is 7.89. The van der Waals surface area contributed by atoms with Crippen LogP contribution in [-0.2, 0) is 21.2 Å². The number of nitrogens with zero attached hydrogens (tertiary/aromatic N) is 3. The molecule has 4 rings (SSSR count). The Kier molecular flexibility index (Phi) is 6.83. The Labute approximate surface area is 191 Å². The van der Waals surface area contributed by atoms with Crippen molar-refractivity contribution in [3.8, 4) is 5.75 Å². The third-order valence-corrected chi connectivity index (χ3v) is 8.17. The molecule has 0 unspecified atom stereocenters. The molecule has 3 aromatic rings. The topological polar surface area (TPSA) is 101 Å². The van der Waals surface area contributed by atoms with Gasteiger partial charge in [-0.2, -0.15) is 4.31 Å². The van der Waals surface area contributed by atoms with Crippen molar-refractivity contribution in [1.29, 1.82) is 0 Å². The van der Waals surface area contributed by atoms with Crippen molar-refractivity contribution in [2.24, 2.45) is 5.92 Å². The average molecular weight is 473 g/mol.